The fourth-order valence-corrected chi connectivity index (χ4v) is 2.44. The van der Waals surface area contributed by atoms with Gasteiger partial charge < -0.3 is 10.2 Å². The van der Waals surface area contributed by atoms with Crippen LogP contribution in [0.3, 0.4) is 0 Å². The molecule has 0 aliphatic carbocycles. The molecule has 2 rings (SSSR count). The zero-order valence-electron chi connectivity index (χ0n) is 9.92. The molecule has 86 valence electrons. The maximum Gasteiger partial charge on any atom is 0.226 e. The first-order valence-electron chi connectivity index (χ1n) is 5.83. The van der Waals surface area contributed by atoms with Crippen LogP contribution in [-0.4, -0.2) is 26.5 Å². The van der Waals surface area contributed by atoms with E-state index in [-0.39, 0.29) is 5.91 Å². The Morgan fingerprint density at radius 1 is 1.50 bits per heavy atom. The summed E-state index contributed by atoms with van der Waals surface area (Å²) in [7, 11) is 3.87. The van der Waals surface area contributed by atoms with Gasteiger partial charge in [-0.25, -0.2) is 0 Å². The number of hydrogen-bond acceptors (Lipinski definition) is 1. The van der Waals surface area contributed by atoms with Gasteiger partial charge >= 0.3 is 0 Å². The maximum atomic E-state index is 11.5. The summed E-state index contributed by atoms with van der Waals surface area (Å²) in [5.41, 5.74) is 2.75. The molecule has 3 heteroatoms. The predicted molar refractivity (Wildman–Crippen MR) is 63.3 cm³/mol. The van der Waals surface area contributed by atoms with Crippen LogP contribution in [0.5, 0.6) is 0 Å². The highest BCUT2D eigenvalue weighted by molar-refractivity contribution is 5.76. The third-order valence-electron chi connectivity index (χ3n) is 3.48. The topological polar surface area (TPSA) is 33.5 Å². The number of quaternary nitrogens is 1. The Kier molecular flexibility index (Phi) is 3.25. The Hall–Kier alpha value is -1.35. The molecule has 1 heterocycles. The highest BCUT2D eigenvalue weighted by atomic mass is 16.1. The molecule has 1 aromatic rings. The van der Waals surface area contributed by atoms with Crippen LogP contribution in [0.25, 0.3) is 0 Å². The van der Waals surface area contributed by atoms with Crippen LogP contribution >= 0.6 is 0 Å². The fourth-order valence-electron chi connectivity index (χ4n) is 2.44. The Labute approximate surface area is 96.5 Å². The second-order valence-electron chi connectivity index (χ2n) is 4.48. The third-order valence-corrected chi connectivity index (χ3v) is 3.48. The fraction of sp³-hybridized carbons (Fsp3) is 0.462. The average molecular weight is 219 g/mol. The van der Waals surface area contributed by atoms with E-state index in [1.54, 1.807) is 7.05 Å². The summed E-state index contributed by atoms with van der Waals surface area (Å²) >= 11 is 0. The van der Waals surface area contributed by atoms with Gasteiger partial charge in [0.05, 0.1) is 20.0 Å². The molecule has 0 radical (unpaired) electrons. The van der Waals surface area contributed by atoms with E-state index in [2.05, 4.69) is 36.6 Å². The number of likely N-dealkylation sites (N-methyl/N-ethyl adjacent to an activating group) is 1. The Bertz CT molecular complexity index is 389. The van der Waals surface area contributed by atoms with Gasteiger partial charge in [0.1, 0.15) is 6.04 Å². The summed E-state index contributed by atoms with van der Waals surface area (Å²) in [6.07, 6.45) is 1.70. The van der Waals surface area contributed by atoms with Gasteiger partial charge in [0.25, 0.3) is 0 Å². The summed E-state index contributed by atoms with van der Waals surface area (Å²) in [5.74, 6) is 0.126. The molecule has 16 heavy (non-hydrogen) atoms. The molecular weight excluding hydrogens is 200 g/mol. The van der Waals surface area contributed by atoms with Crippen molar-refractivity contribution in [2.75, 3.05) is 20.6 Å². The lowest BCUT2D eigenvalue weighted by molar-refractivity contribution is -0.914. The van der Waals surface area contributed by atoms with Crippen molar-refractivity contribution < 1.29 is 9.69 Å². The van der Waals surface area contributed by atoms with Crippen molar-refractivity contribution in [1.82, 2.24) is 5.32 Å². The van der Waals surface area contributed by atoms with Gasteiger partial charge in [-0.05, 0) is 5.56 Å². The number of nitrogens with one attached hydrogen (secondary N) is 2. The molecule has 0 saturated heterocycles. The number of carbonyl (C=O) groups excluding carboxylic acids is 1. The minimum absolute atomic E-state index is 0.126. The van der Waals surface area contributed by atoms with E-state index in [4.69, 9.17) is 0 Å². The van der Waals surface area contributed by atoms with E-state index in [0.717, 1.165) is 13.0 Å². The number of fused-ring (bicyclic) bond motifs is 1. The lowest BCUT2D eigenvalue weighted by Crippen LogP contribution is -3.10. The molecular formula is C13H19N2O+. The quantitative estimate of drug-likeness (QED) is 0.717. The molecule has 1 aliphatic rings. The standard InChI is InChI=1S/C13H18N2O/c1-14-13(16)9-12-11-6-4-3-5-10(11)7-8-15(12)2/h3-6,12H,7-9H2,1-2H3,(H,14,16)/p+1/t12-/m1/s1. The predicted octanol–water partition coefficient (Wildman–Crippen LogP) is -0.0654. The molecule has 3 nitrogen and oxygen atoms in total. The van der Waals surface area contributed by atoms with Gasteiger partial charge in [0.15, 0.2) is 0 Å². The van der Waals surface area contributed by atoms with Crippen LogP contribution in [0.1, 0.15) is 23.6 Å². The molecule has 1 amide bonds. The third kappa shape index (κ3) is 2.09. The monoisotopic (exact) mass is 219 g/mol. The molecule has 0 fully saturated rings. The van der Waals surface area contributed by atoms with Crippen LogP contribution in [0.2, 0.25) is 0 Å². The molecule has 1 unspecified atom stereocenters. The highest BCUT2D eigenvalue weighted by Crippen LogP contribution is 2.21. The smallest absolute Gasteiger partial charge is 0.226 e. The number of amides is 1. The van der Waals surface area contributed by atoms with Gasteiger partial charge in [-0.2, -0.15) is 0 Å². The number of rotatable bonds is 2. The largest absolute Gasteiger partial charge is 0.359 e. The second-order valence-corrected chi connectivity index (χ2v) is 4.48. The van der Waals surface area contributed by atoms with Gasteiger partial charge in [-0.1, -0.05) is 24.3 Å². The molecule has 2 N–H and O–H groups in total. The van der Waals surface area contributed by atoms with Crippen molar-refractivity contribution in [3.05, 3.63) is 35.4 Å². The molecule has 0 saturated carbocycles. The zero-order chi connectivity index (χ0) is 11.5. The molecule has 1 aliphatic heterocycles. The first-order chi connectivity index (χ1) is 7.72. The highest BCUT2D eigenvalue weighted by Gasteiger charge is 2.29. The summed E-state index contributed by atoms with van der Waals surface area (Å²) in [5, 5.41) is 2.71. The molecule has 2 atom stereocenters. The lowest BCUT2D eigenvalue weighted by atomic mass is 9.91. The number of carbonyl (C=O) groups is 1. The minimum Gasteiger partial charge on any atom is -0.359 e. The van der Waals surface area contributed by atoms with E-state index >= 15 is 0 Å². The van der Waals surface area contributed by atoms with Crippen molar-refractivity contribution in [1.29, 1.82) is 0 Å². The molecule has 0 spiro atoms. The van der Waals surface area contributed by atoms with Crippen LogP contribution in [0.15, 0.2) is 24.3 Å². The minimum atomic E-state index is 0.126. The van der Waals surface area contributed by atoms with Crippen molar-refractivity contribution in [2.45, 2.75) is 18.9 Å². The van der Waals surface area contributed by atoms with Gasteiger partial charge in [-0.15, -0.1) is 0 Å². The van der Waals surface area contributed by atoms with E-state index in [1.807, 2.05) is 0 Å². The van der Waals surface area contributed by atoms with Crippen molar-refractivity contribution in [3.8, 4) is 0 Å². The SMILES string of the molecule is CNC(=O)C[C@@H]1c2ccccc2CC[NH+]1C. The van der Waals surface area contributed by atoms with Crippen molar-refractivity contribution in [3.63, 3.8) is 0 Å². The summed E-state index contributed by atoms with van der Waals surface area (Å²) in [6, 6.07) is 8.79. The number of benzene rings is 1. The normalized spacial score (nSPS) is 23.6. The lowest BCUT2D eigenvalue weighted by Gasteiger charge is -2.31. The van der Waals surface area contributed by atoms with Crippen LogP contribution in [0.4, 0.5) is 0 Å². The first kappa shape index (κ1) is 11.1. The second kappa shape index (κ2) is 4.66. The molecule has 0 bridgehead atoms. The first-order valence-corrected chi connectivity index (χ1v) is 5.83. The Morgan fingerprint density at radius 3 is 3.00 bits per heavy atom. The van der Waals surface area contributed by atoms with E-state index in [9.17, 15) is 4.79 Å². The van der Waals surface area contributed by atoms with E-state index in [0.29, 0.717) is 12.5 Å². The number of hydrogen-bond donors (Lipinski definition) is 2. The van der Waals surface area contributed by atoms with Gasteiger partial charge in [-0.3, -0.25) is 4.79 Å². The van der Waals surface area contributed by atoms with Crippen LogP contribution in [-0.2, 0) is 11.2 Å². The zero-order valence-corrected chi connectivity index (χ0v) is 9.92. The molecule has 1 aromatic carbocycles. The average Bonchev–Trinajstić information content (AvgIpc) is 2.32. The maximum absolute atomic E-state index is 11.5. The summed E-state index contributed by atoms with van der Waals surface area (Å²) < 4.78 is 0. The molecule has 0 aromatic heterocycles. The Balaban J connectivity index is 2.26. The van der Waals surface area contributed by atoms with Gasteiger partial charge in [0, 0.05) is 19.0 Å². The summed E-state index contributed by atoms with van der Waals surface area (Å²) in [6.45, 7) is 1.11. The van der Waals surface area contributed by atoms with Crippen LogP contribution in [0, 0.1) is 0 Å². The van der Waals surface area contributed by atoms with Crippen molar-refractivity contribution >= 4 is 5.91 Å². The Morgan fingerprint density at radius 2 is 2.25 bits per heavy atom. The van der Waals surface area contributed by atoms with E-state index < -0.39 is 0 Å². The van der Waals surface area contributed by atoms with Crippen LogP contribution < -0.4 is 10.2 Å². The van der Waals surface area contributed by atoms with Gasteiger partial charge in [0.2, 0.25) is 5.91 Å². The van der Waals surface area contributed by atoms with E-state index in [1.165, 1.54) is 16.0 Å². The van der Waals surface area contributed by atoms with Crippen molar-refractivity contribution in [2.24, 2.45) is 0 Å². The summed E-state index contributed by atoms with van der Waals surface area (Å²) in [4.78, 5) is 12.9.